The van der Waals surface area contributed by atoms with E-state index in [-0.39, 0.29) is 0 Å². The summed E-state index contributed by atoms with van der Waals surface area (Å²) in [5.74, 6) is 0.589. The van der Waals surface area contributed by atoms with Crippen molar-refractivity contribution in [3.63, 3.8) is 0 Å². The molecule has 0 saturated heterocycles. The Morgan fingerprint density at radius 2 is 0.963 bits per heavy atom. The van der Waals surface area contributed by atoms with E-state index >= 15 is 0 Å². The maximum atomic E-state index is 13.8. The van der Waals surface area contributed by atoms with Gasteiger partial charge in [-0.05, 0) is 68.0 Å². The van der Waals surface area contributed by atoms with E-state index in [1.54, 1.807) is 0 Å². The summed E-state index contributed by atoms with van der Waals surface area (Å²) in [5.41, 5.74) is 0. The van der Waals surface area contributed by atoms with Crippen molar-refractivity contribution in [2.75, 3.05) is 6.16 Å². The quantitative estimate of drug-likeness (QED) is 0.515. The molecule has 0 unspecified atom stereocenters. The van der Waals surface area contributed by atoms with Crippen LogP contribution in [0.5, 0.6) is 0 Å². The first-order valence-corrected chi connectivity index (χ1v) is 12.0. The molecule has 0 radical (unpaired) electrons. The fourth-order valence-corrected chi connectivity index (χ4v) is 9.21. The number of hydrogen-bond acceptors (Lipinski definition) is 0. The average molecular weight is 377 g/mol. The van der Waals surface area contributed by atoms with Crippen LogP contribution < -0.4 is 15.9 Å². The van der Waals surface area contributed by atoms with E-state index in [0.717, 1.165) is 31.8 Å². The molecule has 0 aromatic heterocycles. The van der Waals surface area contributed by atoms with Crippen LogP contribution in [-0.4, -0.2) is 12.3 Å². The van der Waals surface area contributed by atoms with E-state index in [9.17, 15) is 4.39 Å². The van der Waals surface area contributed by atoms with Crippen molar-refractivity contribution in [2.24, 2.45) is 5.92 Å². The lowest BCUT2D eigenvalue weighted by molar-refractivity contribution is 0.217. The molecule has 0 nitrogen and oxygen atoms in total. The van der Waals surface area contributed by atoms with Crippen molar-refractivity contribution in [1.29, 1.82) is 0 Å². The largest absolute Gasteiger partial charge is 0.247 e. The Bertz CT molecular complexity index is 727. The first-order valence-electron chi connectivity index (χ1n) is 9.98. The van der Waals surface area contributed by atoms with Gasteiger partial charge in [-0.15, -0.1) is 0 Å². The normalized spacial score (nSPS) is 20.3. The average Bonchev–Trinajstić information content (AvgIpc) is 2.75. The van der Waals surface area contributed by atoms with Crippen molar-refractivity contribution in [3.8, 4) is 0 Å². The Hall–Kier alpha value is -1.98. The SMILES string of the molecule is FC1CCC(C[P+](c2ccccc2)(c2ccccc2)c2ccccc2)CC1. The van der Waals surface area contributed by atoms with E-state index in [1.165, 1.54) is 15.9 Å². The molecule has 1 aliphatic rings. The minimum Gasteiger partial charge on any atom is -0.247 e. The number of benzene rings is 3. The minimum absolute atomic E-state index is 0.589. The van der Waals surface area contributed by atoms with E-state index in [1.807, 2.05) is 0 Å². The minimum atomic E-state index is -1.76. The van der Waals surface area contributed by atoms with Gasteiger partial charge in [0.1, 0.15) is 29.3 Å². The molecule has 4 rings (SSSR count). The third kappa shape index (κ3) is 3.85. The summed E-state index contributed by atoms with van der Waals surface area (Å²) < 4.78 is 13.8. The number of alkyl halides is 1. The monoisotopic (exact) mass is 377 g/mol. The molecule has 138 valence electrons. The van der Waals surface area contributed by atoms with Crippen molar-refractivity contribution in [3.05, 3.63) is 91.0 Å². The van der Waals surface area contributed by atoms with Gasteiger partial charge in [-0.2, -0.15) is 0 Å². The zero-order valence-electron chi connectivity index (χ0n) is 15.7. The molecule has 3 aromatic rings. The van der Waals surface area contributed by atoms with Crippen LogP contribution >= 0.6 is 7.26 Å². The highest BCUT2D eigenvalue weighted by Crippen LogP contribution is 2.57. The molecule has 1 saturated carbocycles. The van der Waals surface area contributed by atoms with Crippen LogP contribution in [0.15, 0.2) is 91.0 Å². The van der Waals surface area contributed by atoms with Crippen molar-refractivity contribution >= 4 is 23.2 Å². The van der Waals surface area contributed by atoms with Crippen LogP contribution in [0.25, 0.3) is 0 Å². The lowest BCUT2D eigenvalue weighted by atomic mass is 9.89. The summed E-state index contributed by atoms with van der Waals surface area (Å²) >= 11 is 0. The Balaban J connectivity index is 1.86. The van der Waals surface area contributed by atoms with Gasteiger partial charge in [0.2, 0.25) is 0 Å². The molecule has 0 bridgehead atoms. The lowest BCUT2D eigenvalue weighted by Crippen LogP contribution is -2.36. The molecule has 2 heteroatoms. The number of halogens is 1. The highest BCUT2D eigenvalue weighted by Gasteiger charge is 2.47. The van der Waals surface area contributed by atoms with Gasteiger partial charge < -0.3 is 0 Å². The van der Waals surface area contributed by atoms with Gasteiger partial charge >= 0.3 is 0 Å². The fourth-order valence-electron chi connectivity index (χ4n) is 4.50. The molecule has 0 N–H and O–H groups in total. The van der Waals surface area contributed by atoms with Crippen LogP contribution in [0.3, 0.4) is 0 Å². The smallest absolute Gasteiger partial charge is 0.112 e. The first kappa shape index (κ1) is 18.4. The zero-order valence-corrected chi connectivity index (χ0v) is 16.6. The van der Waals surface area contributed by atoms with E-state index in [2.05, 4.69) is 91.0 Å². The Morgan fingerprint density at radius 3 is 1.33 bits per heavy atom. The zero-order chi connectivity index (χ0) is 18.5. The van der Waals surface area contributed by atoms with Gasteiger partial charge in [-0.3, -0.25) is 0 Å². The first-order chi connectivity index (χ1) is 13.3. The third-order valence-electron chi connectivity index (χ3n) is 5.90. The van der Waals surface area contributed by atoms with Crippen molar-refractivity contribution in [1.82, 2.24) is 0 Å². The molecule has 0 atom stereocenters. The summed E-state index contributed by atoms with van der Waals surface area (Å²) in [4.78, 5) is 0. The molecule has 0 spiro atoms. The molecule has 1 aliphatic carbocycles. The molecular formula is C25H27FP+. The van der Waals surface area contributed by atoms with Crippen LogP contribution in [0, 0.1) is 5.92 Å². The second-order valence-electron chi connectivity index (χ2n) is 7.62. The predicted molar refractivity (Wildman–Crippen MR) is 117 cm³/mol. The highest BCUT2D eigenvalue weighted by molar-refractivity contribution is 7.95. The van der Waals surface area contributed by atoms with Crippen LogP contribution in [0.1, 0.15) is 25.7 Å². The number of rotatable bonds is 5. The molecule has 3 aromatic carbocycles. The molecule has 0 amide bonds. The van der Waals surface area contributed by atoms with Crippen LogP contribution in [0.4, 0.5) is 4.39 Å². The van der Waals surface area contributed by atoms with Gasteiger partial charge in [0.15, 0.2) is 0 Å². The van der Waals surface area contributed by atoms with Crippen LogP contribution in [-0.2, 0) is 0 Å². The number of hydrogen-bond donors (Lipinski definition) is 0. The molecular weight excluding hydrogens is 350 g/mol. The van der Waals surface area contributed by atoms with Gasteiger partial charge in [0.05, 0.1) is 6.16 Å². The Morgan fingerprint density at radius 1 is 0.593 bits per heavy atom. The topological polar surface area (TPSA) is 0 Å². The third-order valence-corrected chi connectivity index (χ3v) is 10.5. The summed E-state index contributed by atoms with van der Waals surface area (Å²) in [6.45, 7) is 0. The highest BCUT2D eigenvalue weighted by atomic mass is 31.2. The Kier molecular flexibility index (Phi) is 5.69. The fraction of sp³-hybridized carbons (Fsp3) is 0.280. The van der Waals surface area contributed by atoms with Gasteiger partial charge in [-0.25, -0.2) is 4.39 Å². The standard InChI is InChI=1S/C25H27FP/c26-22-18-16-21(17-19-22)20-27(23-10-4-1-5-11-23,24-12-6-2-7-13-24)25-14-8-3-9-15-25/h1-15,21-22H,16-20H2/q+1. The van der Waals surface area contributed by atoms with Crippen molar-refractivity contribution in [2.45, 2.75) is 31.9 Å². The van der Waals surface area contributed by atoms with E-state index in [0.29, 0.717) is 5.92 Å². The molecule has 27 heavy (non-hydrogen) atoms. The van der Waals surface area contributed by atoms with Crippen LogP contribution in [0.2, 0.25) is 0 Å². The molecule has 1 fully saturated rings. The molecule has 0 aliphatic heterocycles. The summed E-state index contributed by atoms with van der Waals surface area (Å²) in [6, 6.07) is 33.1. The van der Waals surface area contributed by atoms with Gasteiger partial charge in [0, 0.05) is 0 Å². The maximum Gasteiger partial charge on any atom is 0.112 e. The summed E-state index contributed by atoms with van der Waals surface area (Å²) in [5, 5.41) is 4.30. The van der Waals surface area contributed by atoms with E-state index in [4.69, 9.17) is 0 Å². The maximum absolute atomic E-state index is 13.8. The summed E-state index contributed by atoms with van der Waals surface area (Å²) in [7, 11) is -1.76. The molecule has 0 heterocycles. The summed E-state index contributed by atoms with van der Waals surface area (Å²) in [6.07, 6.45) is 4.01. The predicted octanol–water partition coefficient (Wildman–Crippen LogP) is 5.51. The Labute approximate surface area is 162 Å². The van der Waals surface area contributed by atoms with Gasteiger partial charge in [-0.1, -0.05) is 54.6 Å². The second-order valence-corrected chi connectivity index (χ2v) is 11.2. The van der Waals surface area contributed by atoms with Crippen molar-refractivity contribution < 1.29 is 4.39 Å². The van der Waals surface area contributed by atoms with Gasteiger partial charge in [0.25, 0.3) is 0 Å². The van der Waals surface area contributed by atoms with E-state index < -0.39 is 13.4 Å². The second kappa shape index (κ2) is 8.36. The lowest BCUT2D eigenvalue weighted by Gasteiger charge is -2.33.